The van der Waals surface area contributed by atoms with E-state index in [0.29, 0.717) is 12.0 Å². The number of hydrogen-bond donors (Lipinski definition) is 0. The summed E-state index contributed by atoms with van der Waals surface area (Å²) in [6.07, 6.45) is 7.10. The van der Waals surface area contributed by atoms with Crippen LogP contribution in [0, 0.1) is 5.92 Å². The summed E-state index contributed by atoms with van der Waals surface area (Å²) in [5.74, 6) is 0.449. The fourth-order valence-electron chi connectivity index (χ4n) is 2.86. The normalized spacial score (nSPS) is 26.5. The fraction of sp³-hybridized carbons (Fsp3) is 1.00. The van der Waals surface area contributed by atoms with Gasteiger partial charge >= 0.3 is 0 Å². The molecule has 0 N–H and O–H groups in total. The highest BCUT2D eigenvalue weighted by molar-refractivity contribution is 4.82. The van der Waals surface area contributed by atoms with Crippen molar-refractivity contribution in [3.05, 3.63) is 0 Å². The van der Waals surface area contributed by atoms with Crippen molar-refractivity contribution in [2.45, 2.75) is 64.3 Å². The Morgan fingerprint density at radius 3 is 2.47 bits per heavy atom. The van der Waals surface area contributed by atoms with E-state index in [9.17, 15) is 0 Å². The Bertz CT molecular complexity index is 214. The van der Waals surface area contributed by atoms with E-state index in [1.54, 1.807) is 0 Å². The molecule has 1 saturated carbocycles. The van der Waals surface area contributed by atoms with Crippen molar-refractivity contribution in [3.8, 4) is 0 Å². The van der Waals surface area contributed by atoms with Crippen molar-refractivity contribution in [2.24, 2.45) is 5.92 Å². The molecule has 3 heteroatoms. The molecule has 1 aliphatic heterocycles. The lowest BCUT2D eigenvalue weighted by Gasteiger charge is -2.35. The zero-order valence-corrected chi connectivity index (χ0v) is 11.2. The molecule has 17 heavy (non-hydrogen) atoms. The van der Waals surface area contributed by atoms with E-state index < -0.39 is 0 Å². The first-order chi connectivity index (χ1) is 8.24. The van der Waals surface area contributed by atoms with Gasteiger partial charge in [0.25, 0.3) is 0 Å². The molecule has 100 valence electrons. The monoisotopic (exact) mass is 242 g/mol. The van der Waals surface area contributed by atoms with Crippen LogP contribution in [0.3, 0.4) is 0 Å². The van der Waals surface area contributed by atoms with Gasteiger partial charge in [0.15, 0.2) is 5.79 Å². The van der Waals surface area contributed by atoms with Gasteiger partial charge in [-0.2, -0.15) is 0 Å². The average Bonchev–Trinajstić information content (AvgIpc) is 2.78. The Balaban J connectivity index is 1.65. The largest absolute Gasteiger partial charge is 0.378 e. The second-order valence-electron chi connectivity index (χ2n) is 5.53. The minimum atomic E-state index is -0.241. The molecule has 1 saturated heterocycles. The van der Waals surface area contributed by atoms with Crippen LogP contribution in [0.5, 0.6) is 0 Å². The van der Waals surface area contributed by atoms with E-state index >= 15 is 0 Å². The first-order valence-corrected chi connectivity index (χ1v) is 7.13. The lowest BCUT2D eigenvalue weighted by molar-refractivity contribution is -0.192. The maximum Gasteiger partial charge on any atom is 0.168 e. The van der Waals surface area contributed by atoms with Crippen LogP contribution in [0.25, 0.3) is 0 Å². The van der Waals surface area contributed by atoms with E-state index in [2.05, 4.69) is 13.8 Å². The third-order valence-corrected chi connectivity index (χ3v) is 3.91. The van der Waals surface area contributed by atoms with Gasteiger partial charge in [0.1, 0.15) is 0 Å². The number of ether oxygens (including phenoxy) is 3. The smallest absolute Gasteiger partial charge is 0.168 e. The van der Waals surface area contributed by atoms with Gasteiger partial charge in [-0.1, -0.05) is 20.3 Å². The lowest BCUT2D eigenvalue weighted by Crippen LogP contribution is -2.37. The second kappa shape index (κ2) is 6.17. The quantitative estimate of drug-likeness (QED) is 0.741. The molecule has 0 aromatic heterocycles. The van der Waals surface area contributed by atoms with Crippen LogP contribution in [-0.2, 0) is 14.2 Å². The molecule has 2 fully saturated rings. The minimum Gasteiger partial charge on any atom is -0.378 e. The molecule has 1 atom stereocenters. The van der Waals surface area contributed by atoms with Crippen molar-refractivity contribution in [1.29, 1.82) is 0 Å². The van der Waals surface area contributed by atoms with Crippen LogP contribution in [0.4, 0.5) is 0 Å². The lowest BCUT2D eigenvalue weighted by atomic mass is 9.91. The second-order valence-corrected chi connectivity index (χ2v) is 5.53. The third-order valence-electron chi connectivity index (χ3n) is 3.91. The molecule has 2 aliphatic rings. The predicted molar refractivity (Wildman–Crippen MR) is 66.9 cm³/mol. The predicted octanol–water partition coefficient (Wildman–Crippen LogP) is 3.12. The van der Waals surface area contributed by atoms with Crippen molar-refractivity contribution >= 4 is 0 Å². The SMILES string of the molecule is CCCC(C)COC1CCC2(CC1)OCCO2. The molecule has 0 radical (unpaired) electrons. The summed E-state index contributed by atoms with van der Waals surface area (Å²) in [5.41, 5.74) is 0. The Morgan fingerprint density at radius 2 is 1.88 bits per heavy atom. The summed E-state index contributed by atoms with van der Waals surface area (Å²) in [7, 11) is 0. The molecule has 1 unspecified atom stereocenters. The van der Waals surface area contributed by atoms with Crippen LogP contribution in [-0.4, -0.2) is 31.7 Å². The zero-order chi connectivity index (χ0) is 12.1. The van der Waals surface area contributed by atoms with Gasteiger partial charge in [0, 0.05) is 19.4 Å². The molecule has 1 aliphatic carbocycles. The first-order valence-electron chi connectivity index (χ1n) is 7.13. The van der Waals surface area contributed by atoms with E-state index in [1.165, 1.54) is 12.8 Å². The molecule has 0 amide bonds. The van der Waals surface area contributed by atoms with E-state index in [4.69, 9.17) is 14.2 Å². The van der Waals surface area contributed by atoms with E-state index in [-0.39, 0.29) is 5.79 Å². The van der Waals surface area contributed by atoms with Gasteiger partial charge in [-0.15, -0.1) is 0 Å². The van der Waals surface area contributed by atoms with Gasteiger partial charge in [0.2, 0.25) is 0 Å². The molecular weight excluding hydrogens is 216 g/mol. The van der Waals surface area contributed by atoms with Crippen LogP contribution < -0.4 is 0 Å². The van der Waals surface area contributed by atoms with Crippen LogP contribution in [0.2, 0.25) is 0 Å². The van der Waals surface area contributed by atoms with Gasteiger partial charge in [0.05, 0.1) is 19.3 Å². The fourth-order valence-corrected chi connectivity index (χ4v) is 2.86. The van der Waals surface area contributed by atoms with Crippen LogP contribution in [0.15, 0.2) is 0 Å². The average molecular weight is 242 g/mol. The van der Waals surface area contributed by atoms with Gasteiger partial charge in [-0.25, -0.2) is 0 Å². The van der Waals surface area contributed by atoms with Crippen LogP contribution in [0.1, 0.15) is 52.4 Å². The summed E-state index contributed by atoms with van der Waals surface area (Å²) in [4.78, 5) is 0. The highest BCUT2D eigenvalue weighted by atomic mass is 16.7. The molecule has 2 rings (SSSR count). The molecule has 3 nitrogen and oxygen atoms in total. The molecule has 0 aromatic rings. The summed E-state index contributed by atoms with van der Waals surface area (Å²) in [5, 5.41) is 0. The Labute approximate surface area is 105 Å². The molecule has 0 aromatic carbocycles. The first kappa shape index (κ1) is 13.3. The summed E-state index contributed by atoms with van der Waals surface area (Å²) >= 11 is 0. The minimum absolute atomic E-state index is 0.241. The van der Waals surface area contributed by atoms with E-state index in [0.717, 1.165) is 45.5 Å². The highest BCUT2D eigenvalue weighted by Gasteiger charge is 2.40. The molecule has 1 spiro atoms. The summed E-state index contributed by atoms with van der Waals surface area (Å²) < 4.78 is 17.4. The maximum absolute atomic E-state index is 5.99. The Morgan fingerprint density at radius 1 is 1.24 bits per heavy atom. The number of hydrogen-bond acceptors (Lipinski definition) is 3. The molecule has 1 heterocycles. The molecular formula is C14H26O3. The van der Waals surface area contributed by atoms with Gasteiger partial charge < -0.3 is 14.2 Å². The highest BCUT2D eigenvalue weighted by Crippen LogP contribution is 2.36. The van der Waals surface area contributed by atoms with Crippen LogP contribution >= 0.6 is 0 Å². The molecule has 0 bridgehead atoms. The number of rotatable bonds is 5. The van der Waals surface area contributed by atoms with Crippen molar-refractivity contribution < 1.29 is 14.2 Å². The topological polar surface area (TPSA) is 27.7 Å². The maximum atomic E-state index is 5.99. The Kier molecular flexibility index (Phi) is 4.83. The van der Waals surface area contributed by atoms with Crippen molar-refractivity contribution in [3.63, 3.8) is 0 Å². The third kappa shape index (κ3) is 3.67. The van der Waals surface area contributed by atoms with Gasteiger partial charge in [-0.3, -0.25) is 0 Å². The summed E-state index contributed by atoms with van der Waals surface area (Å²) in [6, 6.07) is 0. The van der Waals surface area contributed by atoms with Crippen molar-refractivity contribution in [2.75, 3.05) is 19.8 Å². The Hall–Kier alpha value is -0.120. The van der Waals surface area contributed by atoms with E-state index in [1.807, 2.05) is 0 Å². The zero-order valence-electron chi connectivity index (χ0n) is 11.2. The standard InChI is InChI=1S/C14H26O3/c1-3-4-12(2)11-15-13-5-7-14(8-6-13)16-9-10-17-14/h12-13H,3-11H2,1-2H3. The van der Waals surface area contributed by atoms with Crippen molar-refractivity contribution in [1.82, 2.24) is 0 Å². The summed E-state index contributed by atoms with van der Waals surface area (Å²) in [6.45, 7) is 6.94. The van der Waals surface area contributed by atoms with Gasteiger partial charge in [-0.05, 0) is 25.2 Å².